The van der Waals surface area contributed by atoms with Crippen LogP contribution in [0.1, 0.15) is 42.3 Å². The first-order valence-corrected chi connectivity index (χ1v) is 8.82. The number of hydrogen-bond donors (Lipinski definition) is 1. The van der Waals surface area contributed by atoms with Gasteiger partial charge in [-0.05, 0) is 43.7 Å². The summed E-state index contributed by atoms with van der Waals surface area (Å²) < 4.78 is 1.93. The van der Waals surface area contributed by atoms with Crippen molar-refractivity contribution in [1.82, 2.24) is 29.8 Å². The highest BCUT2D eigenvalue weighted by Gasteiger charge is 2.27. The van der Waals surface area contributed by atoms with Crippen LogP contribution in [0.15, 0.2) is 23.3 Å². The normalized spacial score (nSPS) is 18.0. The van der Waals surface area contributed by atoms with Gasteiger partial charge < -0.3 is 9.88 Å². The second-order valence-electron chi connectivity index (χ2n) is 6.80. The number of fused-ring (bicyclic) bond motifs is 2. The van der Waals surface area contributed by atoms with Crippen molar-refractivity contribution >= 4 is 11.5 Å². The summed E-state index contributed by atoms with van der Waals surface area (Å²) in [5.41, 5.74) is 3.21. The second-order valence-corrected chi connectivity index (χ2v) is 6.80. The number of piperidine rings is 1. The molecule has 0 spiro atoms. The zero-order valence-corrected chi connectivity index (χ0v) is 13.9. The summed E-state index contributed by atoms with van der Waals surface area (Å²) in [6.07, 6.45) is 8.33. The van der Waals surface area contributed by atoms with Crippen molar-refractivity contribution in [2.24, 2.45) is 0 Å². The monoisotopic (exact) mass is 337 g/mol. The van der Waals surface area contributed by atoms with Crippen molar-refractivity contribution < 1.29 is 0 Å². The maximum absolute atomic E-state index is 11.9. The Balaban J connectivity index is 1.40. The van der Waals surface area contributed by atoms with Crippen LogP contribution in [0, 0.1) is 0 Å². The molecule has 0 aromatic carbocycles. The molecule has 3 aromatic heterocycles. The van der Waals surface area contributed by atoms with Crippen LogP contribution in [-0.4, -0.2) is 42.9 Å². The summed E-state index contributed by atoms with van der Waals surface area (Å²) >= 11 is 0. The van der Waals surface area contributed by atoms with E-state index in [9.17, 15) is 4.79 Å². The minimum atomic E-state index is -0.133. The molecular weight excluding hydrogens is 318 g/mol. The summed E-state index contributed by atoms with van der Waals surface area (Å²) in [6.45, 7) is 1.56. The van der Waals surface area contributed by atoms with Crippen molar-refractivity contribution in [3.05, 3.63) is 45.9 Å². The molecule has 25 heavy (non-hydrogen) atoms. The van der Waals surface area contributed by atoms with E-state index in [-0.39, 0.29) is 5.56 Å². The van der Waals surface area contributed by atoms with E-state index in [2.05, 4.69) is 26.2 Å². The van der Waals surface area contributed by atoms with Crippen LogP contribution in [0.25, 0.3) is 5.65 Å². The molecule has 0 unspecified atom stereocenters. The molecule has 0 bridgehead atoms. The minimum absolute atomic E-state index is 0.133. The van der Waals surface area contributed by atoms with E-state index in [1.54, 1.807) is 12.4 Å². The highest BCUT2D eigenvalue weighted by atomic mass is 16.1. The Morgan fingerprint density at radius 2 is 2.04 bits per heavy atom. The Labute approximate surface area is 143 Å². The standard InChI is InChI=1S/C17H19N7O/c25-17-16(18-6-7-19-17)23-8-4-11(5-9-23)15-21-20-14-10-12-2-1-3-13(12)22-24(14)15/h6-7,10-11H,1-5,8-9H2,(H,19,25). The van der Waals surface area contributed by atoms with Gasteiger partial charge >= 0.3 is 0 Å². The fourth-order valence-electron chi connectivity index (χ4n) is 3.97. The molecule has 0 saturated carbocycles. The molecule has 3 aromatic rings. The first-order valence-electron chi connectivity index (χ1n) is 8.82. The number of nitrogens with zero attached hydrogens (tertiary/aromatic N) is 6. The fourth-order valence-corrected chi connectivity index (χ4v) is 3.97. The van der Waals surface area contributed by atoms with Gasteiger partial charge in [0, 0.05) is 31.4 Å². The van der Waals surface area contributed by atoms with Gasteiger partial charge in [-0.3, -0.25) is 4.79 Å². The number of hydrogen-bond acceptors (Lipinski definition) is 6. The number of aromatic amines is 1. The molecule has 128 valence electrons. The van der Waals surface area contributed by atoms with Gasteiger partial charge in [-0.15, -0.1) is 10.2 Å². The van der Waals surface area contributed by atoms with E-state index in [0.29, 0.717) is 11.7 Å². The first-order chi connectivity index (χ1) is 12.3. The Morgan fingerprint density at radius 3 is 2.88 bits per heavy atom. The third kappa shape index (κ3) is 2.40. The Bertz CT molecular complexity index is 984. The van der Waals surface area contributed by atoms with Crippen LogP contribution in [0.2, 0.25) is 0 Å². The lowest BCUT2D eigenvalue weighted by molar-refractivity contribution is 0.473. The Morgan fingerprint density at radius 1 is 1.16 bits per heavy atom. The van der Waals surface area contributed by atoms with Crippen molar-refractivity contribution in [2.45, 2.75) is 38.0 Å². The van der Waals surface area contributed by atoms with E-state index in [1.165, 1.54) is 17.7 Å². The van der Waals surface area contributed by atoms with E-state index >= 15 is 0 Å². The smallest absolute Gasteiger partial charge is 0.290 e. The van der Waals surface area contributed by atoms with Gasteiger partial charge in [0.05, 0.1) is 5.69 Å². The SMILES string of the molecule is O=c1[nH]ccnc1N1CCC(c2nnc3cc4c(nn23)CCC4)CC1. The summed E-state index contributed by atoms with van der Waals surface area (Å²) in [5, 5.41) is 13.5. The molecular formula is C17H19N7O. The van der Waals surface area contributed by atoms with Gasteiger partial charge in [-0.25, -0.2) is 4.98 Å². The molecule has 0 radical (unpaired) electrons. The van der Waals surface area contributed by atoms with Crippen LogP contribution in [0.5, 0.6) is 0 Å². The average Bonchev–Trinajstić information content (AvgIpc) is 3.26. The van der Waals surface area contributed by atoms with E-state index < -0.39 is 0 Å². The van der Waals surface area contributed by atoms with Gasteiger partial charge in [0.2, 0.25) is 0 Å². The molecule has 1 N–H and O–H groups in total. The molecule has 4 heterocycles. The van der Waals surface area contributed by atoms with Gasteiger partial charge in [-0.2, -0.15) is 9.61 Å². The van der Waals surface area contributed by atoms with Crippen molar-refractivity contribution in [2.75, 3.05) is 18.0 Å². The zero-order valence-electron chi connectivity index (χ0n) is 13.9. The van der Waals surface area contributed by atoms with Crippen LogP contribution in [0.4, 0.5) is 5.82 Å². The number of nitrogens with one attached hydrogen (secondary N) is 1. The zero-order chi connectivity index (χ0) is 16.8. The third-order valence-corrected chi connectivity index (χ3v) is 5.29. The molecule has 1 fully saturated rings. The average molecular weight is 337 g/mol. The van der Waals surface area contributed by atoms with E-state index in [0.717, 1.165) is 50.2 Å². The second kappa shape index (κ2) is 5.65. The molecule has 2 aliphatic rings. The lowest BCUT2D eigenvalue weighted by atomic mass is 9.96. The van der Waals surface area contributed by atoms with Gasteiger partial charge in [0.15, 0.2) is 17.3 Å². The highest BCUT2D eigenvalue weighted by Crippen LogP contribution is 2.29. The predicted molar refractivity (Wildman–Crippen MR) is 91.9 cm³/mol. The highest BCUT2D eigenvalue weighted by molar-refractivity contribution is 5.43. The summed E-state index contributed by atoms with van der Waals surface area (Å²) in [5.74, 6) is 1.75. The fraction of sp³-hybridized carbons (Fsp3) is 0.471. The van der Waals surface area contributed by atoms with Crippen molar-refractivity contribution in [3.8, 4) is 0 Å². The van der Waals surface area contributed by atoms with Crippen LogP contribution < -0.4 is 10.5 Å². The number of aryl methyl sites for hydroxylation is 2. The maximum Gasteiger partial charge on any atom is 0.290 e. The summed E-state index contributed by atoms with van der Waals surface area (Å²) in [6, 6.07) is 2.13. The van der Waals surface area contributed by atoms with Gasteiger partial charge in [0.1, 0.15) is 0 Å². The minimum Gasteiger partial charge on any atom is -0.352 e. The largest absolute Gasteiger partial charge is 0.352 e. The number of anilines is 1. The molecule has 0 amide bonds. The lowest BCUT2D eigenvalue weighted by Gasteiger charge is -2.31. The Kier molecular flexibility index (Phi) is 3.29. The molecule has 8 nitrogen and oxygen atoms in total. The number of H-pyrrole nitrogens is 1. The molecule has 0 atom stereocenters. The quantitative estimate of drug-likeness (QED) is 0.752. The molecule has 1 aliphatic heterocycles. The van der Waals surface area contributed by atoms with E-state index in [4.69, 9.17) is 5.10 Å². The first kappa shape index (κ1) is 14.6. The molecule has 8 heteroatoms. The summed E-state index contributed by atoms with van der Waals surface area (Å²) in [7, 11) is 0. The topological polar surface area (TPSA) is 92.1 Å². The summed E-state index contributed by atoms with van der Waals surface area (Å²) in [4.78, 5) is 20.9. The molecule has 1 saturated heterocycles. The predicted octanol–water partition coefficient (Wildman–Crippen LogP) is 1.08. The van der Waals surface area contributed by atoms with Crippen LogP contribution in [0.3, 0.4) is 0 Å². The van der Waals surface area contributed by atoms with Crippen LogP contribution >= 0.6 is 0 Å². The lowest BCUT2D eigenvalue weighted by Crippen LogP contribution is -2.37. The van der Waals surface area contributed by atoms with E-state index in [1.807, 2.05) is 9.42 Å². The molecule has 1 aliphatic carbocycles. The number of rotatable bonds is 2. The third-order valence-electron chi connectivity index (χ3n) is 5.29. The van der Waals surface area contributed by atoms with Crippen molar-refractivity contribution in [1.29, 1.82) is 0 Å². The van der Waals surface area contributed by atoms with Gasteiger partial charge in [-0.1, -0.05) is 0 Å². The maximum atomic E-state index is 11.9. The van der Waals surface area contributed by atoms with Crippen molar-refractivity contribution in [3.63, 3.8) is 0 Å². The van der Waals surface area contributed by atoms with Gasteiger partial charge in [0.25, 0.3) is 5.56 Å². The number of aromatic nitrogens is 6. The molecule has 5 rings (SSSR count). The Hall–Kier alpha value is -2.77. The van der Waals surface area contributed by atoms with Crippen LogP contribution in [-0.2, 0) is 12.8 Å².